The molecule has 3 rings (SSSR count). The van der Waals surface area contributed by atoms with Crippen molar-refractivity contribution in [3.63, 3.8) is 0 Å². The average Bonchev–Trinajstić information content (AvgIpc) is 2.46. The van der Waals surface area contributed by atoms with Crippen LogP contribution in [0.15, 0.2) is 66.7 Å². The first kappa shape index (κ1) is 11.6. The van der Waals surface area contributed by atoms with Crippen LogP contribution in [0.4, 0.5) is 4.39 Å². The Morgan fingerprint density at radius 1 is 0.737 bits per heavy atom. The third-order valence-corrected chi connectivity index (χ3v) is 3.10. The maximum absolute atomic E-state index is 13.1. The van der Waals surface area contributed by atoms with E-state index in [0.29, 0.717) is 11.1 Å². The highest BCUT2D eigenvalue weighted by atomic mass is 19.1. The van der Waals surface area contributed by atoms with Gasteiger partial charge in [-0.05, 0) is 29.0 Å². The maximum Gasteiger partial charge on any atom is 0.193 e. The fourth-order valence-corrected chi connectivity index (χ4v) is 2.13. The van der Waals surface area contributed by atoms with Crippen molar-refractivity contribution in [3.05, 3.63) is 83.7 Å². The van der Waals surface area contributed by atoms with Crippen LogP contribution in [0, 0.1) is 5.82 Å². The predicted octanol–water partition coefficient (Wildman–Crippen LogP) is 4.21. The van der Waals surface area contributed by atoms with E-state index < -0.39 is 5.82 Å². The van der Waals surface area contributed by atoms with Crippen LogP contribution in [-0.4, -0.2) is 5.78 Å². The Hall–Kier alpha value is -2.48. The van der Waals surface area contributed by atoms with Gasteiger partial charge in [-0.15, -0.1) is 0 Å². The van der Waals surface area contributed by atoms with Gasteiger partial charge in [-0.2, -0.15) is 0 Å². The summed E-state index contributed by atoms with van der Waals surface area (Å²) in [5.74, 6) is -0.558. The second-order valence-corrected chi connectivity index (χ2v) is 4.40. The molecule has 0 N–H and O–H groups in total. The van der Waals surface area contributed by atoms with E-state index in [9.17, 15) is 9.18 Å². The molecule has 92 valence electrons. The van der Waals surface area contributed by atoms with Crippen molar-refractivity contribution in [2.45, 2.75) is 0 Å². The number of carbonyl (C=O) groups is 1. The lowest BCUT2D eigenvalue weighted by atomic mass is 10.00. The van der Waals surface area contributed by atoms with Crippen molar-refractivity contribution in [2.75, 3.05) is 0 Å². The zero-order chi connectivity index (χ0) is 13.2. The van der Waals surface area contributed by atoms with Crippen molar-refractivity contribution in [2.24, 2.45) is 0 Å². The number of carbonyl (C=O) groups excluding carboxylic acids is 1. The molecule has 1 nitrogen and oxygen atoms in total. The Bertz CT molecular complexity index is 762. The smallest absolute Gasteiger partial charge is 0.193 e. The van der Waals surface area contributed by atoms with Gasteiger partial charge in [0.05, 0.1) is 0 Å². The molecule has 0 saturated heterocycles. The molecule has 2 heteroatoms. The van der Waals surface area contributed by atoms with Crippen LogP contribution in [0.2, 0.25) is 0 Å². The van der Waals surface area contributed by atoms with Gasteiger partial charge in [-0.25, -0.2) is 4.39 Å². The summed E-state index contributed by atoms with van der Waals surface area (Å²) >= 11 is 0. The van der Waals surface area contributed by atoms with Gasteiger partial charge in [0.1, 0.15) is 5.82 Å². The van der Waals surface area contributed by atoms with Gasteiger partial charge in [0.15, 0.2) is 5.78 Å². The van der Waals surface area contributed by atoms with Crippen molar-refractivity contribution >= 4 is 16.6 Å². The Kier molecular flexibility index (Phi) is 2.84. The molecule has 0 fully saturated rings. The lowest BCUT2D eigenvalue weighted by Gasteiger charge is -2.03. The molecule has 0 radical (unpaired) electrons. The highest BCUT2D eigenvalue weighted by Gasteiger charge is 2.10. The standard InChI is InChI=1S/C17H11FO/c18-16-7-3-6-14(11-16)17(19)15-9-8-12-4-1-2-5-13(12)10-15/h1-11H. The van der Waals surface area contributed by atoms with Crippen LogP contribution in [0.1, 0.15) is 15.9 Å². The topological polar surface area (TPSA) is 17.1 Å². The Labute approximate surface area is 110 Å². The number of halogens is 1. The molecular formula is C17H11FO. The molecule has 19 heavy (non-hydrogen) atoms. The average molecular weight is 250 g/mol. The molecule has 0 bridgehead atoms. The van der Waals surface area contributed by atoms with Crippen molar-refractivity contribution < 1.29 is 9.18 Å². The monoisotopic (exact) mass is 250 g/mol. The number of ketones is 1. The Morgan fingerprint density at radius 2 is 1.47 bits per heavy atom. The van der Waals surface area contributed by atoms with E-state index >= 15 is 0 Å². The van der Waals surface area contributed by atoms with Gasteiger partial charge >= 0.3 is 0 Å². The third kappa shape index (κ3) is 2.25. The van der Waals surface area contributed by atoms with Gasteiger partial charge in [-0.1, -0.05) is 48.5 Å². The quantitative estimate of drug-likeness (QED) is 0.623. The molecule has 3 aromatic carbocycles. The largest absolute Gasteiger partial charge is 0.289 e. The van der Waals surface area contributed by atoms with Gasteiger partial charge in [0.25, 0.3) is 0 Å². The van der Waals surface area contributed by atoms with E-state index in [-0.39, 0.29) is 5.78 Å². The van der Waals surface area contributed by atoms with Crippen LogP contribution >= 0.6 is 0 Å². The molecular weight excluding hydrogens is 239 g/mol. The summed E-state index contributed by atoms with van der Waals surface area (Å²) < 4.78 is 13.1. The van der Waals surface area contributed by atoms with Crippen molar-refractivity contribution in [1.29, 1.82) is 0 Å². The lowest BCUT2D eigenvalue weighted by Crippen LogP contribution is -2.01. The molecule has 0 aliphatic rings. The minimum Gasteiger partial charge on any atom is -0.289 e. The molecule has 0 aromatic heterocycles. The first-order valence-electron chi connectivity index (χ1n) is 6.03. The predicted molar refractivity (Wildman–Crippen MR) is 73.8 cm³/mol. The normalized spacial score (nSPS) is 10.6. The number of benzene rings is 3. The van der Waals surface area contributed by atoms with Crippen LogP contribution in [0.3, 0.4) is 0 Å². The van der Waals surface area contributed by atoms with Gasteiger partial charge < -0.3 is 0 Å². The first-order valence-corrected chi connectivity index (χ1v) is 6.03. The van der Waals surface area contributed by atoms with E-state index in [2.05, 4.69) is 0 Å². The summed E-state index contributed by atoms with van der Waals surface area (Å²) in [6.07, 6.45) is 0. The molecule has 0 aliphatic carbocycles. The second-order valence-electron chi connectivity index (χ2n) is 4.40. The molecule has 3 aromatic rings. The Balaban J connectivity index is 2.06. The molecule has 0 atom stereocenters. The molecule has 0 spiro atoms. The SMILES string of the molecule is O=C(c1cccc(F)c1)c1ccc2ccccc2c1. The van der Waals surface area contributed by atoms with Crippen molar-refractivity contribution in [1.82, 2.24) is 0 Å². The van der Waals surface area contributed by atoms with Gasteiger partial charge in [0.2, 0.25) is 0 Å². The third-order valence-electron chi connectivity index (χ3n) is 3.10. The fraction of sp³-hybridized carbons (Fsp3) is 0. The summed E-state index contributed by atoms with van der Waals surface area (Å²) in [7, 11) is 0. The van der Waals surface area contributed by atoms with E-state index in [1.807, 2.05) is 36.4 Å². The van der Waals surface area contributed by atoms with Crippen molar-refractivity contribution in [3.8, 4) is 0 Å². The maximum atomic E-state index is 13.1. The van der Waals surface area contributed by atoms with Crippen LogP contribution in [0.5, 0.6) is 0 Å². The minimum atomic E-state index is -0.397. The molecule has 0 heterocycles. The number of fused-ring (bicyclic) bond motifs is 1. The van der Waals surface area contributed by atoms with E-state index in [1.54, 1.807) is 18.2 Å². The summed E-state index contributed by atoms with van der Waals surface area (Å²) in [6, 6.07) is 19.1. The van der Waals surface area contributed by atoms with Crippen LogP contribution < -0.4 is 0 Å². The zero-order valence-corrected chi connectivity index (χ0v) is 10.1. The summed E-state index contributed by atoms with van der Waals surface area (Å²) in [5, 5.41) is 2.09. The van der Waals surface area contributed by atoms with E-state index in [1.165, 1.54) is 12.1 Å². The fourth-order valence-electron chi connectivity index (χ4n) is 2.13. The van der Waals surface area contributed by atoms with Gasteiger partial charge in [-0.3, -0.25) is 4.79 Å². The second kappa shape index (κ2) is 4.65. The molecule has 0 amide bonds. The highest BCUT2D eigenvalue weighted by Crippen LogP contribution is 2.18. The molecule has 0 unspecified atom stereocenters. The van der Waals surface area contributed by atoms with Crippen LogP contribution in [0.25, 0.3) is 10.8 Å². The number of hydrogen-bond donors (Lipinski definition) is 0. The number of rotatable bonds is 2. The van der Waals surface area contributed by atoms with E-state index in [4.69, 9.17) is 0 Å². The summed E-state index contributed by atoms with van der Waals surface area (Å²) in [4.78, 5) is 12.3. The van der Waals surface area contributed by atoms with Crippen LogP contribution in [-0.2, 0) is 0 Å². The lowest BCUT2D eigenvalue weighted by molar-refractivity contribution is 0.103. The number of hydrogen-bond acceptors (Lipinski definition) is 1. The first-order chi connectivity index (χ1) is 9.24. The van der Waals surface area contributed by atoms with Gasteiger partial charge in [0, 0.05) is 11.1 Å². The minimum absolute atomic E-state index is 0.162. The highest BCUT2D eigenvalue weighted by molar-refractivity contribution is 6.10. The summed E-state index contributed by atoms with van der Waals surface area (Å²) in [5.41, 5.74) is 0.944. The van der Waals surface area contributed by atoms with E-state index in [0.717, 1.165) is 10.8 Å². The zero-order valence-electron chi connectivity index (χ0n) is 10.1. The molecule has 0 saturated carbocycles. The molecule has 0 aliphatic heterocycles. The summed E-state index contributed by atoms with van der Waals surface area (Å²) in [6.45, 7) is 0. The Morgan fingerprint density at radius 3 is 2.26 bits per heavy atom.